The van der Waals surface area contributed by atoms with Crippen LogP contribution in [-0.4, -0.2) is 53.6 Å². The number of halogens is 1. The summed E-state index contributed by atoms with van der Waals surface area (Å²) < 4.78 is 20.1. The van der Waals surface area contributed by atoms with Crippen LogP contribution >= 0.6 is 0 Å². The molecule has 6 rings (SSSR count). The van der Waals surface area contributed by atoms with E-state index in [9.17, 15) is 14.0 Å². The number of rotatable bonds is 6. The van der Waals surface area contributed by atoms with Crippen molar-refractivity contribution in [2.24, 2.45) is 5.92 Å². The van der Waals surface area contributed by atoms with Gasteiger partial charge in [-0.1, -0.05) is 56.0 Å². The fourth-order valence-corrected chi connectivity index (χ4v) is 6.46. The zero-order valence-electron chi connectivity index (χ0n) is 20.3. The molecule has 2 aromatic rings. The van der Waals surface area contributed by atoms with Gasteiger partial charge in [-0.05, 0) is 30.5 Å². The fraction of sp³-hybridized carbons (Fsp3) is 0.536. The number of nitrogens with one attached hydrogen (secondary N) is 1. The van der Waals surface area contributed by atoms with Crippen LogP contribution in [0.2, 0.25) is 0 Å². The number of nitrogens with zero attached hydrogens (tertiary/aromatic N) is 2. The van der Waals surface area contributed by atoms with Gasteiger partial charge in [0.05, 0.1) is 24.7 Å². The number of aromatic nitrogens is 1. The number of amides is 1. The number of ether oxygens (including phenoxy) is 1. The Balaban J connectivity index is 1.29. The summed E-state index contributed by atoms with van der Waals surface area (Å²) in [5.74, 6) is 0.0538. The smallest absolute Gasteiger partial charge is 0.317 e. The fourth-order valence-electron chi connectivity index (χ4n) is 6.46. The number of pyridine rings is 1. The first-order valence-electron chi connectivity index (χ1n) is 13.0. The molecule has 186 valence electrons. The number of benzene rings is 1. The Morgan fingerprint density at radius 2 is 1.74 bits per heavy atom. The second-order valence-corrected chi connectivity index (χ2v) is 10.7. The van der Waals surface area contributed by atoms with Gasteiger partial charge < -0.3 is 14.5 Å². The molecule has 0 spiro atoms. The lowest BCUT2D eigenvalue weighted by atomic mass is 9.74. The van der Waals surface area contributed by atoms with Crippen LogP contribution in [0.25, 0.3) is 0 Å². The SMILES string of the molecule is O=C(C[N+]12CCC(CC1)[C@@H](OC(=O)C1(c3ccccc3)CCCCCC1)C2)Nc1ccc(F)cn1. The number of fused-ring (bicyclic) bond motifs is 3. The molecule has 3 saturated heterocycles. The van der Waals surface area contributed by atoms with Gasteiger partial charge in [0, 0.05) is 18.8 Å². The summed E-state index contributed by atoms with van der Waals surface area (Å²) in [5, 5.41) is 2.79. The van der Waals surface area contributed by atoms with E-state index in [0.717, 1.165) is 76.2 Å². The van der Waals surface area contributed by atoms with Gasteiger partial charge in [-0.15, -0.1) is 0 Å². The van der Waals surface area contributed by atoms with Gasteiger partial charge >= 0.3 is 5.97 Å². The van der Waals surface area contributed by atoms with Crippen LogP contribution < -0.4 is 5.32 Å². The Bertz CT molecular complexity index is 1030. The van der Waals surface area contributed by atoms with Crippen LogP contribution in [0.15, 0.2) is 48.7 Å². The van der Waals surface area contributed by atoms with Crippen LogP contribution in [0.1, 0.15) is 56.9 Å². The third-order valence-electron chi connectivity index (χ3n) is 8.45. The molecule has 1 N–H and O–H groups in total. The lowest BCUT2D eigenvalue weighted by Gasteiger charge is -2.52. The molecular formula is C28H35FN3O3+. The molecular weight excluding hydrogens is 445 g/mol. The highest BCUT2D eigenvalue weighted by molar-refractivity contribution is 5.90. The molecule has 4 aliphatic rings. The zero-order chi connectivity index (χ0) is 24.3. The molecule has 2 bridgehead atoms. The summed E-state index contributed by atoms with van der Waals surface area (Å²) >= 11 is 0. The Kier molecular flexibility index (Phi) is 6.87. The van der Waals surface area contributed by atoms with E-state index in [1.165, 1.54) is 12.1 Å². The van der Waals surface area contributed by atoms with E-state index >= 15 is 0 Å². The molecule has 0 radical (unpaired) electrons. The molecule has 1 atom stereocenters. The number of carbonyl (C=O) groups is 2. The van der Waals surface area contributed by atoms with Crippen molar-refractivity contribution in [2.45, 2.75) is 62.9 Å². The second kappa shape index (κ2) is 10.1. The zero-order valence-corrected chi connectivity index (χ0v) is 20.3. The van der Waals surface area contributed by atoms with Gasteiger partial charge in [-0.2, -0.15) is 0 Å². The molecule has 1 aromatic heterocycles. The number of hydrogen-bond acceptors (Lipinski definition) is 4. The minimum absolute atomic E-state index is 0.0811. The Morgan fingerprint density at radius 1 is 1.03 bits per heavy atom. The Morgan fingerprint density at radius 3 is 2.40 bits per heavy atom. The van der Waals surface area contributed by atoms with Gasteiger partial charge in [-0.25, -0.2) is 9.37 Å². The molecule has 1 aromatic carbocycles. The third-order valence-corrected chi connectivity index (χ3v) is 8.45. The van der Waals surface area contributed by atoms with E-state index in [2.05, 4.69) is 22.4 Å². The summed E-state index contributed by atoms with van der Waals surface area (Å²) in [6, 6.07) is 12.9. The molecule has 3 aliphatic heterocycles. The van der Waals surface area contributed by atoms with Crippen LogP contribution in [-0.2, 0) is 19.7 Å². The minimum Gasteiger partial charge on any atom is -0.455 e. The highest BCUT2D eigenvalue weighted by atomic mass is 19.1. The normalized spacial score (nSPS) is 27.6. The molecule has 1 amide bonds. The maximum absolute atomic E-state index is 13.9. The van der Waals surface area contributed by atoms with E-state index < -0.39 is 11.2 Å². The monoisotopic (exact) mass is 480 g/mol. The van der Waals surface area contributed by atoms with E-state index in [1.807, 2.05) is 18.2 Å². The van der Waals surface area contributed by atoms with Crippen molar-refractivity contribution < 1.29 is 23.2 Å². The first-order valence-corrected chi connectivity index (χ1v) is 13.0. The van der Waals surface area contributed by atoms with Gasteiger partial charge in [0.2, 0.25) is 0 Å². The molecule has 4 fully saturated rings. The third kappa shape index (κ3) is 5.10. The highest BCUT2D eigenvalue weighted by Gasteiger charge is 2.51. The first kappa shape index (κ1) is 23.9. The largest absolute Gasteiger partial charge is 0.455 e. The van der Waals surface area contributed by atoms with Crippen molar-refractivity contribution in [1.29, 1.82) is 0 Å². The van der Waals surface area contributed by atoms with Crippen molar-refractivity contribution in [1.82, 2.24) is 4.98 Å². The summed E-state index contributed by atoms with van der Waals surface area (Å²) in [6.45, 7) is 2.80. The maximum Gasteiger partial charge on any atom is 0.317 e. The summed E-state index contributed by atoms with van der Waals surface area (Å²) in [7, 11) is 0. The molecule has 0 unspecified atom stereocenters. The lowest BCUT2D eigenvalue weighted by Crippen LogP contribution is -2.66. The van der Waals surface area contributed by atoms with Crippen LogP contribution in [0.5, 0.6) is 0 Å². The van der Waals surface area contributed by atoms with Crippen LogP contribution in [0, 0.1) is 11.7 Å². The number of hydrogen-bond donors (Lipinski definition) is 1. The molecule has 7 heteroatoms. The van der Waals surface area contributed by atoms with Crippen LogP contribution in [0.4, 0.5) is 10.2 Å². The lowest BCUT2D eigenvalue weighted by molar-refractivity contribution is -0.939. The molecule has 35 heavy (non-hydrogen) atoms. The standard InChI is InChI=1S/C28H34FN3O3/c29-23-10-11-25(30-18-23)31-26(33)20-32-16-12-21(13-17-32)24(19-32)35-27(34)28(14-6-1-2-7-15-28)22-8-4-3-5-9-22/h3-5,8-11,18,21,24H,1-2,6-7,12-17,19-20H2/p+1/t21?,24-,32?/m0/s1. The van der Waals surface area contributed by atoms with Gasteiger partial charge in [-0.3, -0.25) is 9.59 Å². The number of anilines is 1. The number of quaternary nitrogens is 1. The Hall–Kier alpha value is -2.80. The van der Waals surface area contributed by atoms with Gasteiger partial charge in [0.1, 0.15) is 18.2 Å². The Labute approximate surface area is 206 Å². The number of carbonyl (C=O) groups excluding carboxylic acids is 2. The second-order valence-electron chi connectivity index (χ2n) is 10.7. The first-order chi connectivity index (χ1) is 17.0. The summed E-state index contributed by atoms with van der Waals surface area (Å²) in [4.78, 5) is 30.6. The van der Waals surface area contributed by atoms with E-state index in [1.54, 1.807) is 0 Å². The molecule has 4 heterocycles. The van der Waals surface area contributed by atoms with Crippen molar-refractivity contribution >= 4 is 17.7 Å². The van der Waals surface area contributed by atoms with E-state index in [0.29, 0.717) is 29.3 Å². The number of piperidine rings is 3. The molecule has 6 nitrogen and oxygen atoms in total. The van der Waals surface area contributed by atoms with E-state index in [4.69, 9.17) is 4.74 Å². The van der Waals surface area contributed by atoms with Crippen LogP contribution in [0.3, 0.4) is 0 Å². The average molecular weight is 481 g/mol. The molecule has 1 aliphatic carbocycles. The van der Waals surface area contributed by atoms with Gasteiger partial charge in [0.15, 0.2) is 12.6 Å². The predicted octanol–water partition coefficient (Wildman–Crippen LogP) is 4.60. The minimum atomic E-state index is -0.569. The quantitative estimate of drug-likeness (QED) is 0.373. The van der Waals surface area contributed by atoms with Crippen molar-refractivity contribution in [3.8, 4) is 0 Å². The van der Waals surface area contributed by atoms with Crippen molar-refractivity contribution in [2.75, 3.05) is 31.5 Å². The average Bonchev–Trinajstić information content (AvgIpc) is 3.14. The van der Waals surface area contributed by atoms with E-state index in [-0.39, 0.29) is 18.0 Å². The van der Waals surface area contributed by atoms with Gasteiger partial charge in [0.25, 0.3) is 5.91 Å². The van der Waals surface area contributed by atoms with Crippen molar-refractivity contribution in [3.63, 3.8) is 0 Å². The highest BCUT2D eigenvalue weighted by Crippen LogP contribution is 2.42. The summed E-state index contributed by atoms with van der Waals surface area (Å²) in [6.07, 6.45) is 8.91. The number of esters is 1. The maximum atomic E-state index is 13.9. The topological polar surface area (TPSA) is 68.3 Å². The molecule has 1 saturated carbocycles. The summed E-state index contributed by atoms with van der Waals surface area (Å²) in [5.41, 5.74) is 0.503. The van der Waals surface area contributed by atoms with Crippen molar-refractivity contribution in [3.05, 3.63) is 60.0 Å². The predicted molar refractivity (Wildman–Crippen MR) is 131 cm³/mol.